The molecule has 4 nitrogen and oxygen atoms in total. The number of nitrogens with zero attached hydrogens (tertiary/aromatic N) is 1. The van der Waals surface area contributed by atoms with Gasteiger partial charge in [0.2, 0.25) is 5.69 Å². The first kappa shape index (κ1) is 12.3. The first-order valence-electron chi connectivity index (χ1n) is 5.34. The molecule has 17 heavy (non-hydrogen) atoms. The van der Waals surface area contributed by atoms with Gasteiger partial charge in [-0.25, -0.2) is 4.58 Å². The zero-order chi connectivity index (χ0) is 13.0. The van der Waals surface area contributed by atoms with Gasteiger partial charge >= 0.3 is 0 Å². The van der Waals surface area contributed by atoms with Crippen LogP contribution in [-0.2, 0) is 15.5 Å². The van der Waals surface area contributed by atoms with Gasteiger partial charge in [0.15, 0.2) is 6.21 Å². The molecule has 1 aliphatic rings. The van der Waals surface area contributed by atoms with Gasteiger partial charge in [0.05, 0.1) is 10.3 Å². The smallest absolute Gasteiger partial charge is 0.282 e. The van der Waals surface area contributed by atoms with Gasteiger partial charge in [-0.2, -0.15) is 8.42 Å². The summed E-state index contributed by atoms with van der Waals surface area (Å²) in [5, 5.41) is 0. The third-order valence-corrected chi connectivity index (χ3v) is 3.97. The molecule has 0 fully saturated rings. The van der Waals surface area contributed by atoms with Gasteiger partial charge in [-0.15, -0.1) is 0 Å². The van der Waals surface area contributed by atoms with E-state index in [1.54, 1.807) is 6.07 Å². The van der Waals surface area contributed by atoms with E-state index in [4.69, 9.17) is 4.55 Å². The van der Waals surface area contributed by atoms with Crippen molar-refractivity contribution in [2.24, 2.45) is 0 Å². The van der Waals surface area contributed by atoms with Crippen LogP contribution in [0.25, 0.3) is 0 Å². The summed E-state index contributed by atoms with van der Waals surface area (Å²) in [5.74, 6) is 0. The lowest BCUT2D eigenvalue weighted by atomic mass is 9.86. The van der Waals surface area contributed by atoms with Gasteiger partial charge in [0.25, 0.3) is 10.1 Å². The number of aryl methyl sites for hydroxylation is 1. The van der Waals surface area contributed by atoms with E-state index in [1.807, 2.05) is 38.6 Å². The van der Waals surface area contributed by atoms with Gasteiger partial charge in [-0.1, -0.05) is 0 Å². The second-order valence-corrected chi connectivity index (χ2v) is 6.49. The quantitative estimate of drug-likeness (QED) is 0.615. The number of benzene rings is 1. The molecule has 1 heterocycles. The molecule has 2 rings (SSSR count). The van der Waals surface area contributed by atoms with E-state index >= 15 is 0 Å². The van der Waals surface area contributed by atoms with Crippen LogP contribution in [0.3, 0.4) is 0 Å². The van der Waals surface area contributed by atoms with Crippen molar-refractivity contribution in [2.45, 2.75) is 31.1 Å². The Morgan fingerprint density at radius 3 is 2.41 bits per heavy atom. The molecule has 1 aliphatic heterocycles. The average Bonchev–Trinajstić information content (AvgIpc) is 2.35. The Hall–Kier alpha value is -1.20. The predicted molar refractivity (Wildman–Crippen MR) is 65.9 cm³/mol. The molecule has 0 saturated carbocycles. The number of rotatable bonds is 1. The topological polar surface area (TPSA) is 57.4 Å². The lowest BCUT2D eigenvalue weighted by molar-refractivity contribution is -0.397. The summed E-state index contributed by atoms with van der Waals surface area (Å²) >= 11 is 0. The molecule has 0 unspecified atom stereocenters. The number of hydrogen-bond acceptors (Lipinski definition) is 2. The van der Waals surface area contributed by atoms with Crippen molar-refractivity contribution < 1.29 is 17.5 Å². The van der Waals surface area contributed by atoms with E-state index in [0.29, 0.717) is 0 Å². The molecule has 1 aromatic rings. The highest BCUT2D eigenvalue weighted by atomic mass is 32.2. The van der Waals surface area contributed by atoms with Crippen molar-refractivity contribution in [2.75, 3.05) is 7.05 Å². The Labute approximate surface area is 101 Å². The fourth-order valence-electron chi connectivity index (χ4n) is 2.47. The van der Waals surface area contributed by atoms with Crippen LogP contribution < -0.4 is 0 Å². The highest BCUT2D eigenvalue weighted by molar-refractivity contribution is 7.85. The average molecular weight is 254 g/mol. The molecule has 0 spiro atoms. The molecule has 0 bridgehead atoms. The second-order valence-electron chi connectivity index (χ2n) is 5.07. The fourth-order valence-corrected chi connectivity index (χ4v) is 3.07. The summed E-state index contributed by atoms with van der Waals surface area (Å²) in [6, 6.07) is 3.05. The Morgan fingerprint density at radius 1 is 1.29 bits per heavy atom. The van der Waals surface area contributed by atoms with Gasteiger partial charge in [0.1, 0.15) is 7.05 Å². The van der Waals surface area contributed by atoms with Crippen LogP contribution >= 0.6 is 0 Å². The molecule has 92 valence electrons. The van der Waals surface area contributed by atoms with Crippen LogP contribution in [0.4, 0.5) is 5.69 Å². The zero-order valence-corrected chi connectivity index (χ0v) is 11.2. The Balaban J connectivity index is 2.79. The summed E-state index contributed by atoms with van der Waals surface area (Å²) < 4.78 is 33.5. The van der Waals surface area contributed by atoms with Gasteiger partial charge in [0, 0.05) is 11.1 Å². The molecule has 0 radical (unpaired) electrons. The van der Waals surface area contributed by atoms with E-state index in [9.17, 15) is 8.42 Å². The van der Waals surface area contributed by atoms with Gasteiger partial charge in [-0.05, 0) is 32.9 Å². The largest absolute Gasteiger partial charge is 0.294 e. The van der Waals surface area contributed by atoms with Crippen molar-refractivity contribution in [1.82, 2.24) is 0 Å². The molecule has 0 aromatic heterocycles. The van der Waals surface area contributed by atoms with Gasteiger partial charge in [-0.3, -0.25) is 4.55 Å². The van der Waals surface area contributed by atoms with E-state index in [2.05, 4.69) is 0 Å². The van der Waals surface area contributed by atoms with Crippen LogP contribution in [0.15, 0.2) is 17.0 Å². The molecule has 1 N–H and O–H groups in total. The third kappa shape index (κ3) is 1.89. The maximum absolute atomic E-state index is 11.2. The molecular weight excluding hydrogens is 238 g/mol. The third-order valence-electron chi connectivity index (χ3n) is 3.14. The van der Waals surface area contributed by atoms with Crippen molar-refractivity contribution in [3.05, 3.63) is 23.3 Å². The molecule has 1 aromatic carbocycles. The Morgan fingerprint density at radius 2 is 1.88 bits per heavy atom. The molecule has 0 atom stereocenters. The minimum atomic E-state index is -4.15. The summed E-state index contributed by atoms with van der Waals surface area (Å²) in [7, 11) is -2.21. The standard InChI is InChI=1S/C12H15NO3S/c1-8-5-9(17(14,15)16)6-10-11(8)13(4)7-12(10,2)3/h5-7H,1-4H3/p+1. The second kappa shape index (κ2) is 3.40. The molecular formula is C12H16NO3S+. The zero-order valence-electron chi connectivity index (χ0n) is 10.4. The normalized spacial score (nSPS) is 17.8. The van der Waals surface area contributed by atoms with Crippen molar-refractivity contribution in [3.63, 3.8) is 0 Å². The summed E-state index contributed by atoms with van der Waals surface area (Å²) in [6.07, 6.45) is 2.04. The van der Waals surface area contributed by atoms with Crippen LogP contribution in [0.5, 0.6) is 0 Å². The summed E-state index contributed by atoms with van der Waals surface area (Å²) in [4.78, 5) is -0.0366. The summed E-state index contributed by atoms with van der Waals surface area (Å²) in [6.45, 7) is 5.88. The minimum absolute atomic E-state index is 0.0366. The number of fused-ring (bicyclic) bond motifs is 1. The van der Waals surface area contributed by atoms with Crippen LogP contribution in [0.1, 0.15) is 25.0 Å². The Bertz CT molecular complexity index is 627. The SMILES string of the molecule is Cc1cc(S(=O)(=O)O)cc2c1[N+](C)=CC2(C)C. The number of hydrogen-bond donors (Lipinski definition) is 1. The fraction of sp³-hybridized carbons (Fsp3) is 0.417. The lowest BCUT2D eigenvalue weighted by Gasteiger charge is -2.12. The van der Waals surface area contributed by atoms with E-state index in [0.717, 1.165) is 16.8 Å². The van der Waals surface area contributed by atoms with E-state index in [-0.39, 0.29) is 10.3 Å². The minimum Gasteiger partial charge on any atom is -0.282 e. The maximum Gasteiger partial charge on any atom is 0.294 e. The summed E-state index contributed by atoms with van der Waals surface area (Å²) in [5.41, 5.74) is 2.56. The Kier molecular flexibility index (Phi) is 2.45. The molecule has 5 heteroatoms. The van der Waals surface area contributed by atoms with Crippen LogP contribution in [-0.4, -0.2) is 30.8 Å². The van der Waals surface area contributed by atoms with E-state index in [1.165, 1.54) is 6.07 Å². The highest BCUT2D eigenvalue weighted by Crippen LogP contribution is 2.39. The highest BCUT2D eigenvalue weighted by Gasteiger charge is 2.37. The first-order chi connectivity index (χ1) is 7.63. The van der Waals surface area contributed by atoms with E-state index < -0.39 is 10.1 Å². The molecule has 0 aliphatic carbocycles. The lowest BCUT2D eigenvalue weighted by Crippen LogP contribution is -2.16. The predicted octanol–water partition coefficient (Wildman–Crippen LogP) is 1.88. The first-order valence-corrected chi connectivity index (χ1v) is 6.78. The van der Waals surface area contributed by atoms with Gasteiger partial charge < -0.3 is 0 Å². The van der Waals surface area contributed by atoms with Crippen LogP contribution in [0.2, 0.25) is 0 Å². The van der Waals surface area contributed by atoms with Crippen molar-refractivity contribution >= 4 is 22.0 Å². The molecule has 0 amide bonds. The van der Waals surface area contributed by atoms with Crippen molar-refractivity contribution in [3.8, 4) is 0 Å². The van der Waals surface area contributed by atoms with Crippen molar-refractivity contribution in [1.29, 1.82) is 0 Å². The monoisotopic (exact) mass is 254 g/mol. The van der Waals surface area contributed by atoms with Crippen LogP contribution in [0, 0.1) is 6.92 Å². The maximum atomic E-state index is 11.2. The molecule has 0 saturated heterocycles.